The average Bonchev–Trinajstić information content (AvgIpc) is 3.03. The molecule has 0 bridgehead atoms. The molecule has 0 spiro atoms. The SMILES string of the molecule is O=C(Cc1ccc(C(F)(F)F)cc1)N1CCC(n2c(=O)oc3ccccc32)CC1. The van der Waals surface area contributed by atoms with E-state index >= 15 is 0 Å². The maximum absolute atomic E-state index is 12.6. The molecule has 4 rings (SSSR count). The highest BCUT2D eigenvalue weighted by Crippen LogP contribution is 2.29. The summed E-state index contributed by atoms with van der Waals surface area (Å²) >= 11 is 0. The fourth-order valence-corrected chi connectivity index (χ4v) is 3.80. The van der Waals surface area contributed by atoms with Crippen LogP contribution < -0.4 is 5.76 Å². The van der Waals surface area contributed by atoms with Crippen LogP contribution in [-0.2, 0) is 17.4 Å². The smallest absolute Gasteiger partial charge is 0.408 e. The van der Waals surface area contributed by atoms with Crippen molar-refractivity contribution in [2.75, 3.05) is 13.1 Å². The minimum atomic E-state index is -4.39. The topological polar surface area (TPSA) is 55.5 Å². The van der Waals surface area contributed by atoms with E-state index in [0.29, 0.717) is 37.1 Å². The summed E-state index contributed by atoms with van der Waals surface area (Å²) < 4.78 is 44.9. The van der Waals surface area contributed by atoms with Crippen LogP contribution in [0.1, 0.15) is 30.0 Å². The van der Waals surface area contributed by atoms with E-state index in [0.717, 1.165) is 17.6 Å². The number of oxazole rings is 1. The van der Waals surface area contributed by atoms with Gasteiger partial charge in [-0.15, -0.1) is 0 Å². The number of rotatable bonds is 3. The molecule has 1 amide bonds. The maximum atomic E-state index is 12.6. The Morgan fingerprint density at radius 3 is 2.34 bits per heavy atom. The van der Waals surface area contributed by atoms with Crippen LogP contribution in [0.2, 0.25) is 0 Å². The van der Waals surface area contributed by atoms with Crippen LogP contribution >= 0.6 is 0 Å². The molecule has 152 valence electrons. The van der Waals surface area contributed by atoms with Crippen LogP contribution in [0.3, 0.4) is 0 Å². The van der Waals surface area contributed by atoms with E-state index in [4.69, 9.17) is 4.42 Å². The highest BCUT2D eigenvalue weighted by atomic mass is 19.4. The predicted octanol–water partition coefficient (Wildman–Crippen LogP) is 4.02. The minimum Gasteiger partial charge on any atom is -0.408 e. The number of benzene rings is 2. The van der Waals surface area contributed by atoms with Gasteiger partial charge in [0, 0.05) is 19.1 Å². The quantitative estimate of drug-likeness (QED) is 0.663. The predicted molar refractivity (Wildman–Crippen MR) is 100 cm³/mol. The third-order valence-corrected chi connectivity index (χ3v) is 5.34. The Hall–Kier alpha value is -3.03. The van der Waals surface area contributed by atoms with Crippen LogP contribution in [0.15, 0.2) is 57.7 Å². The minimum absolute atomic E-state index is 0.0530. The molecule has 3 aromatic rings. The summed E-state index contributed by atoms with van der Waals surface area (Å²) in [7, 11) is 0. The van der Waals surface area contributed by atoms with Gasteiger partial charge in [0.25, 0.3) is 0 Å². The Kier molecular flexibility index (Phi) is 4.94. The standard InChI is InChI=1S/C21H19F3N2O3/c22-21(23,24)15-7-5-14(6-8-15)13-19(27)25-11-9-16(10-12-25)26-17-3-1-2-4-18(17)29-20(26)28/h1-8,16H,9-13H2. The van der Waals surface area contributed by atoms with Crippen LogP contribution in [-0.4, -0.2) is 28.5 Å². The second-order valence-corrected chi connectivity index (χ2v) is 7.19. The fraction of sp³-hybridized carbons (Fsp3) is 0.333. The van der Waals surface area contributed by atoms with E-state index < -0.39 is 17.5 Å². The second kappa shape index (κ2) is 7.42. The van der Waals surface area contributed by atoms with E-state index in [1.54, 1.807) is 21.6 Å². The molecule has 2 heterocycles. The molecule has 0 unspecified atom stereocenters. The van der Waals surface area contributed by atoms with E-state index in [9.17, 15) is 22.8 Å². The number of hydrogen-bond acceptors (Lipinski definition) is 3. The number of amides is 1. The highest BCUT2D eigenvalue weighted by Gasteiger charge is 2.30. The number of nitrogens with zero attached hydrogens (tertiary/aromatic N) is 2. The molecule has 0 saturated carbocycles. The molecule has 8 heteroatoms. The van der Waals surface area contributed by atoms with Gasteiger partial charge in [-0.05, 0) is 42.7 Å². The molecule has 0 atom stereocenters. The number of para-hydroxylation sites is 2. The molecule has 5 nitrogen and oxygen atoms in total. The summed E-state index contributed by atoms with van der Waals surface area (Å²) in [5.41, 5.74) is 1.10. The van der Waals surface area contributed by atoms with Crippen molar-refractivity contribution in [2.45, 2.75) is 31.5 Å². The number of fused-ring (bicyclic) bond motifs is 1. The zero-order chi connectivity index (χ0) is 20.6. The van der Waals surface area contributed by atoms with Crippen molar-refractivity contribution in [1.82, 2.24) is 9.47 Å². The number of halogens is 3. The Balaban J connectivity index is 1.40. The van der Waals surface area contributed by atoms with Gasteiger partial charge >= 0.3 is 11.9 Å². The summed E-state index contributed by atoms with van der Waals surface area (Å²) in [5.74, 6) is -0.534. The number of carbonyl (C=O) groups excluding carboxylic acids is 1. The Bertz CT molecular complexity index is 1070. The maximum Gasteiger partial charge on any atom is 0.420 e. The van der Waals surface area contributed by atoms with E-state index in [1.165, 1.54) is 12.1 Å². The molecule has 2 aromatic carbocycles. The second-order valence-electron chi connectivity index (χ2n) is 7.19. The monoisotopic (exact) mass is 404 g/mol. The summed E-state index contributed by atoms with van der Waals surface area (Å²) in [6.07, 6.45) is -3.11. The first-order valence-corrected chi connectivity index (χ1v) is 9.37. The van der Waals surface area contributed by atoms with Gasteiger partial charge in [0.1, 0.15) is 0 Å². The molecule has 1 aliphatic heterocycles. The van der Waals surface area contributed by atoms with Crippen molar-refractivity contribution in [1.29, 1.82) is 0 Å². The number of hydrogen-bond donors (Lipinski definition) is 0. The molecule has 1 aromatic heterocycles. The Morgan fingerprint density at radius 2 is 1.69 bits per heavy atom. The summed E-state index contributed by atoms with van der Waals surface area (Å²) in [4.78, 5) is 26.5. The van der Waals surface area contributed by atoms with Crippen molar-refractivity contribution in [3.05, 3.63) is 70.2 Å². The van der Waals surface area contributed by atoms with Crippen molar-refractivity contribution >= 4 is 17.0 Å². The van der Waals surface area contributed by atoms with E-state index in [2.05, 4.69) is 0 Å². The fourth-order valence-electron chi connectivity index (χ4n) is 3.80. The highest BCUT2D eigenvalue weighted by molar-refractivity contribution is 5.79. The van der Waals surface area contributed by atoms with Gasteiger partial charge in [-0.3, -0.25) is 9.36 Å². The molecule has 0 aliphatic carbocycles. The Labute approximate surface area is 164 Å². The van der Waals surface area contributed by atoms with Gasteiger partial charge in [0.15, 0.2) is 5.58 Å². The van der Waals surface area contributed by atoms with Crippen molar-refractivity contribution < 1.29 is 22.4 Å². The lowest BCUT2D eigenvalue weighted by atomic mass is 10.0. The average molecular weight is 404 g/mol. The number of aromatic nitrogens is 1. The van der Waals surface area contributed by atoms with Crippen molar-refractivity contribution in [2.24, 2.45) is 0 Å². The van der Waals surface area contributed by atoms with Gasteiger partial charge in [-0.2, -0.15) is 13.2 Å². The van der Waals surface area contributed by atoms with Crippen LogP contribution in [0, 0.1) is 0 Å². The molecule has 0 N–H and O–H groups in total. The molecular weight excluding hydrogens is 385 g/mol. The zero-order valence-corrected chi connectivity index (χ0v) is 15.5. The first-order valence-electron chi connectivity index (χ1n) is 9.37. The Morgan fingerprint density at radius 1 is 1.03 bits per heavy atom. The van der Waals surface area contributed by atoms with Gasteiger partial charge in [0.2, 0.25) is 5.91 Å². The molecule has 0 radical (unpaired) electrons. The van der Waals surface area contributed by atoms with Crippen LogP contribution in [0.4, 0.5) is 13.2 Å². The largest absolute Gasteiger partial charge is 0.420 e. The third kappa shape index (κ3) is 3.92. The first-order chi connectivity index (χ1) is 13.8. The van der Waals surface area contributed by atoms with Crippen molar-refractivity contribution in [3.8, 4) is 0 Å². The number of likely N-dealkylation sites (tertiary alicyclic amines) is 1. The lowest BCUT2D eigenvalue weighted by Gasteiger charge is -2.32. The van der Waals surface area contributed by atoms with E-state index in [1.807, 2.05) is 12.1 Å². The molecule has 1 saturated heterocycles. The van der Waals surface area contributed by atoms with Gasteiger partial charge in [-0.25, -0.2) is 4.79 Å². The van der Waals surface area contributed by atoms with Gasteiger partial charge < -0.3 is 9.32 Å². The summed E-state index contributed by atoms with van der Waals surface area (Å²) in [5, 5.41) is 0. The van der Waals surface area contributed by atoms with Crippen LogP contribution in [0.5, 0.6) is 0 Å². The molecular formula is C21H19F3N2O3. The number of piperidine rings is 1. The molecule has 29 heavy (non-hydrogen) atoms. The normalized spacial score (nSPS) is 15.8. The van der Waals surface area contributed by atoms with Crippen LogP contribution in [0.25, 0.3) is 11.1 Å². The zero-order valence-electron chi connectivity index (χ0n) is 15.5. The number of carbonyl (C=O) groups is 1. The molecule has 1 aliphatic rings. The number of alkyl halides is 3. The molecule has 1 fully saturated rings. The third-order valence-electron chi connectivity index (χ3n) is 5.34. The lowest BCUT2D eigenvalue weighted by molar-refractivity contribution is -0.137. The lowest BCUT2D eigenvalue weighted by Crippen LogP contribution is -2.41. The summed E-state index contributed by atoms with van der Waals surface area (Å²) in [6.45, 7) is 0.964. The van der Waals surface area contributed by atoms with Crippen molar-refractivity contribution in [3.63, 3.8) is 0 Å². The van der Waals surface area contributed by atoms with Gasteiger partial charge in [0.05, 0.1) is 17.5 Å². The van der Waals surface area contributed by atoms with Gasteiger partial charge in [-0.1, -0.05) is 24.3 Å². The van der Waals surface area contributed by atoms with E-state index in [-0.39, 0.29) is 18.4 Å². The summed E-state index contributed by atoms with van der Waals surface area (Å²) in [6, 6.07) is 11.8. The first kappa shape index (κ1) is 19.3.